The second kappa shape index (κ2) is 8.43. The minimum atomic E-state index is -0.343. The van der Waals surface area contributed by atoms with Crippen LogP contribution in [0.4, 0.5) is 5.69 Å². The van der Waals surface area contributed by atoms with Crippen LogP contribution in [-0.4, -0.2) is 67.5 Å². The molecule has 2 saturated heterocycles. The van der Waals surface area contributed by atoms with Crippen LogP contribution in [0, 0.1) is 0 Å². The van der Waals surface area contributed by atoms with E-state index in [0.717, 1.165) is 37.1 Å². The molecule has 26 heavy (non-hydrogen) atoms. The molecular weight excluding hydrogens is 330 g/mol. The first-order chi connectivity index (χ1) is 12.7. The second-order valence-corrected chi connectivity index (χ2v) is 7.01. The van der Waals surface area contributed by atoms with Gasteiger partial charge in [-0.25, -0.2) is 0 Å². The Balaban J connectivity index is 1.60. The van der Waals surface area contributed by atoms with E-state index in [1.807, 2.05) is 24.3 Å². The lowest BCUT2D eigenvalue weighted by Gasteiger charge is -2.39. The molecule has 6 heteroatoms. The molecule has 2 aliphatic rings. The van der Waals surface area contributed by atoms with E-state index in [-0.39, 0.29) is 17.9 Å². The van der Waals surface area contributed by atoms with Crippen molar-refractivity contribution in [1.29, 1.82) is 0 Å². The summed E-state index contributed by atoms with van der Waals surface area (Å²) < 4.78 is 5.43. The molecule has 0 radical (unpaired) electrons. The number of methoxy groups -OCH3 is 1. The Morgan fingerprint density at radius 2 is 1.77 bits per heavy atom. The molecular formula is C20H29N3O3. The molecule has 2 fully saturated rings. The topological polar surface area (TPSA) is 53.1 Å². The van der Waals surface area contributed by atoms with Gasteiger partial charge < -0.3 is 19.4 Å². The third kappa shape index (κ3) is 3.79. The number of carbonyl (C=O) groups excluding carboxylic acids is 2. The monoisotopic (exact) mass is 359 g/mol. The molecule has 0 saturated carbocycles. The number of nitrogens with zero attached hydrogens (tertiary/aromatic N) is 3. The molecule has 0 N–H and O–H groups in total. The summed E-state index contributed by atoms with van der Waals surface area (Å²) in [6.07, 6.45) is 4.07. The van der Waals surface area contributed by atoms with Gasteiger partial charge in [-0.15, -0.1) is 0 Å². The van der Waals surface area contributed by atoms with E-state index in [4.69, 9.17) is 4.74 Å². The minimum absolute atomic E-state index is 0.218. The number of piperazine rings is 1. The number of para-hydroxylation sites is 2. The van der Waals surface area contributed by atoms with Gasteiger partial charge in [0.2, 0.25) is 0 Å². The van der Waals surface area contributed by atoms with Crippen LogP contribution < -0.4 is 9.64 Å². The smallest absolute Gasteiger partial charge is 0.312 e. The molecule has 6 nitrogen and oxygen atoms in total. The van der Waals surface area contributed by atoms with Gasteiger partial charge in [-0.1, -0.05) is 19.1 Å². The number of ether oxygens (including phenoxy) is 1. The zero-order valence-corrected chi connectivity index (χ0v) is 15.8. The highest BCUT2D eigenvalue weighted by molar-refractivity contribution is 6.35. The molecule has 142 valence electrons. The summed E-state index contributed by atoms with van der Waals surface area (Å²) in [7, 11) is 1.67. The Bertz CT molecular complexity index is 641. The highest BCUT2D eigenvalue weighted by atomic mass is 16.5. The lowest BCUT2D eigenvalue weighted by Crippen LogP contribution is -2.55. The Morgan fingerprint density at radius 1 is 1.04 bits per heavy atom. The maximum Gasteiger partial charge on any atom is 0.312 e. The third-order valence-corrected chi connectivity index (χ3v) is 5.53. The molecule has 1 unspecified atom stereocenters. The summed E-state index contributed by atoms with van der Waals surface area (Å²) in [5.41, 5.74) is 1.04. The summed E-state index contributed by atoms with van der Waals surface area (Å²) in [4.78, 5) is 31.2. The van der Waals surface area contributed by atoms with Crippen molar-refractivity contribution in [2.24, 2.45) is 0 Å². The first kappa shape index (κ1) is 18.5. The summed E-state index contributed by atoms with van der Waals surface area (Å²) in [6, 6.07) is 8.12. The number of carbonyl (C=O) groups is 2. The second-order valence-electron chi connectivity index (χ2n) is 7.01. The van der Waals surface area contributed by atoms with Gasteiger partial charge in [0, 0.05) is 38.8 Å². The zero-order chi connectivity index (χ0) is 18.5. The summed E-state index contributed by atoms with van der Waals surface area (Å²) >= 11 is 0. The zero-order valence-electron chi connectivity index (χ0n) is 15.8. The number of likely N-dealkylation sites (tertiary alicyclic amines) is 1. The number of amides is 2. The van der Waals surface area contributed by atoms with E-state index < -0.39 is 0 Å². The molecule has 0 aromatic heterocycles. The summed E-state index contributed by atoms with van der Waals surface area (Å²) in [6.45, 7) is 5.34. The van der Waals surface area contributed by atoms with Gasteiger partial charge in [-0.05, 0) is 37.8 Å². The van der Waals surface area contributed by atoms with E-state index in [0.29, 0.717) is 32.7 Å². The van der Waals surface area contributed by atoms with Crippen molar-refractivity contribution in [3.63, 3.8) is 0 Å². The minimum Gasteiger partial charge on any atom is -0.495 e. The molecule has 0 aliphatic carbocycles. The highest BCUT2D eigenvalue weighted by Crippen LogP contribution is 2.28. The number of hydrogen-bond acceptors (Lipinski definition) is 4. The molecule has 1 aromatic carbocycles. The summed E-state index contributed by atoms with van der Waals surface area (Å²) in [5.74, 6) is 0.176. The van der Waals surface area contributed by atoms with Gasteiger partial charge in [0.25, 0.3) is 0 Å². The van der Waals surface area contributed by atoms with Gasteiger partial charge in [0.1, 0.15) is 5.75 Å². The predicted octanol–water partition coefficient (Wildman–Crippen LogP) is 2.13. The molecule has 1 atom stereocenters. The standard InChI is InChI=1S/C20H29N3O3/c1-3-16-8-6-7-11-23(16)20(25)19(24)22-14-12-21(13-15-22)17-9-4-5-10-18(17)26-2/h4-5,9-10,16H,3,6-8,11-15H2,1-2H3. The Kier molecular flexibility index (Phi) is 6.01. The predicted molar refractivity (Wildman–Crippen MR) is 101 cm³/mol. The molecule has 3 rings (SSSR count). The van der Waals surface area contributed by atoms with Crippen LogP contribution in [-0.2, 0) is 9.59 Å². The highest BCUT2D eigenvalue weighted by Gasteiger charge is 2.33. The fourth-order valence-corrected chi connectivity index (χ4v) is 3.99. The van der Waals surface area contributed by atoms with Crippen LogP contribution in [0.15, 0.2) is 24.3 Å². The fourth-order valence-electron chi connectivity index (χ4n) is 3.99. The van der Waals surface area contributed by atoms with E-state index in [1.54, 1.807) is 16.9 Å². The largest absolute Gasteiger partial charge is 0.495 e. The van der Waals surface area contributed by atoms with Crippen LogP contribution in [0.3, 0.4) is 0 Å². The first-order valence-corrected chi connectivity index (χ1v) is 9.63. The number of benzene rings is 1. The average molecular weight is 359 g/mol. The number of piperidine rings is 1. The SMILES string of the molecule is CCC1CCCCN1C(=O)C(=O)N1CCN(c2ccccc2OC)CC1. The molecule has 1 aromatic rings. The Morgan fingerprint density at radius 3 is 2.46 bits per heavy atom. The molecule has 0 bridgehead atoms. The van der Waals surface area contributed by atoms with Crippen molar-refractivity contribution in [3.05, 3.63) is 24.3 Å². The third-order valence-electron chi connectivity index (χ3n) is 5.53. The maximum absolute atomic E-state index is 12.7. The van der Waals surface area contributed by atoms with Gasteiger partial charge in [0.05, 0.1) is 12.8 Å². The average Bonchev–Trinajstić information content (AvgIpc) is 2.72. The van der Waals surface area contributed by atoms with Crippen molar-refractivity contribution in [3.8, 4) is 5.75 Å². The normalized spacial score (nSPS) is 20.8. The molecule has 2 heterocycles. The van der Waals surface area contributed by atoms with Crippen LogP contribution in [0.2, 0.25) is 0 Å². The lowest BCUT2D eigenvalue weighted by molar-refractivity contribution is -0.154. The Labute approximate surface area is 155 Å². The van der Waals surface area contributed by atoms with Crippen LogP contribution >= 0.6 is 0 Å². The van der Waals surface area contributed by atoms with E-state index >= 15 is 0 Å². The maximum atomic E-state index is 12.7. The molecule has 0 spiro atoms. The van der Waals surface area contributed by atoms with Gasteiger partial charge in [-0.2, -0.15) is 0 Å². The number of rotatable bonds is 3. The van der Waals surface area contributed by atoms with Crippen molar-refractivity contribution in [2.75, 3.05) is 44.7 Å². The first-order valence-electron chi connectivity index (χ1n) is 9.63. The number of anilines is 1. The van der Waals surface area contributed by atoms with Crippen LogP contribution in [0.25, 0.3) is 0 Å². The lowest BCUT2D eigenvalue weighted by atomic mass is 10.00. The van der Waals surface area contributed by atoms with Crippen molar-refractivity contribution in [1.82, 2.24) is 9.80 Å². The van der Waals surface area contributed by atoms with E-state index in [1.165, 1.54) is 0 Å². The summed E-state index contributed by atoms with van der Waals surface area (Å²) in [5, 5.41) is 0. The van der Waals surface area contributed by atoms with Crippen LogP contribution in [0.1, 0.15) is 32.6 Å². The van der Waals surface area contributed by atoms with E-state index in [2.05, 4.69) is 11.8 Å². The molecule has 2 amide bonds. The van der Waals surface area contributed by atoms with Gasteiger partial charge in [-0.3, -0.25) is 9.59 Å². The number of hydrogen-bond donors (Lipinski definition) is 0. The van der Waals surface area contributed by atoms with Crippen molar-refractivity contribution >= 4 is 17.5 Å². The quantitative estimate of drug-likeness (QED) is 0.776. The van der Waals surface area contributed by atoms with Crippen molar-refractivity contribution in [2.45, 2.75) is 38.6 Å². The fraction of sp³-hybridized carbons (Fsp3) is 0.600. The van der Waals surface area contributed by atoms with Crippen molar-refractivity contribution < 1.29 is 14.3 Å². The van der Waals surface area contributed by atoms with Gasteiger partial charge >= 0.3 is 11.8 Å². The molecule has 2 aliphatic heterocycles. The van der Waals surface area contributed by atoms with E-state index in [9.17, 15) is 9.59 Å². The Hall–Kier alpha value is -2.24. The van der Waals surface area contributed by atoms with Gasteiger partial charge in [0.15, 0.2) is 0 Å². The van der Waals surface area contributed by atoms with Crippen LogP contribution in [0.5, 0.6) is 5.75 Å².